The molecule has 3 heterocycles. The number of pyridine rings is 1. The minimum atomic E-state index is 0.569. The van der Waals surface area contributed by atoms with Gasteiger partial charge in [-0.25, -0.2) is 4.98 Å². The van der Waals surface area contributed by atoms with Crippen molar-refractivity contribution in [2.24, 2.45) is 0 Å². The van der Waals surface area contributed by atoms with Crippen molar-refractivity contribution in [1.29, 1.82) is 0 Å². The SMILES string of the molecule is Cc1cc(NC2CCN3CCCC3C2)ncc1N. The molecule has 0 amide bonds. The third-order valence-corrected chi connectivity index (χ3v) is 4.32. The summed E-state index contributed by atoms with van der Waals surface area (Å²) in [7, 11) is 0. The predicted molar refractivity (Wildman–Crippen MR) is 74.6 cm³/mol. The van der Waals surface area contributed by atoms with Crippen molar-refractivity contribution in [2.75, 3.05) is 24.1 Å². The number of nitrogens with one attached hydrogen (secondary N) is 1. The summed E-state index contributed by atoms with van der Waals surface area (Å²) < 4.78 is 0. The van der Waals surface area contributed by atoms with Crippen LogP contribution in [0.15, 0.2) is 12.3 Å². The Morgan fingerprint density at radius 2 is 2.28 bits per heavy atom. The Morgan fingerprint density at radius 3 is 3.11 bits per heavy atom. The second-order valence-corrected chi connectivity index (χ2v) is 5.62. The topological polar surface area (TPSA) is 54.2 Å². The Morgan fingerprint density at radius 1 is 1.39 bits per heavy atom. The van der Waals surface area contributed by atoms with E-state index in [4.69, 9.17) is 5.73 Å². The van der Waals surface area contributed by atoms with Crippen LogP contribution in [0.5, 0.6) is 0 Å². The quantitative estimate of drug-likeness (QED) is 0.838. The smallest absolute Gasteiger partial charge is 0.126 e. The molecule has 0 saturated carbocycles. The number of aryl methyl sites for hydroxylation is 1. The molecule has 2 aliphatic heterocycles. The molecule has 98 valence electrons. The van der Waals surface area contributed by atoms with E-state index in [2.05, 4.69) is 21.3 Å². The summed E-state index contributed by atoms with van der Waals surface area (Å²) in [6.45, 7) is 4.56. The zero-order chi connectivity index (χ0) is 12.5. The Bertz CT molecular complexity index is 432. The van der Waals surface area contributed by atoms with Crippen molar-refractivity contribution in [3.8, 4) is 0 Å². The standard InChI is InChI=1S/C14H22N4/c1-10-7-14(16-9-13(10)15)17-11-4-6-18-5-2-3-12(18)8-11/h7,9,11-12H,2-6,8,15H2,1H3,(H,16,17). The third-order valence-electron chi connectivity index (χ3n) is 4.32. The highest BCUT2D eigenvalue weighted by atomic mass is 15.2. The molecule has 1 aromatic heterocycles. The molecule has 0 radical (unpaired) electrons. The lowest BCUT2D eigenvalue weighted by Crippen LogP contribution is -2.42. The molecule has 0 bridgehead atoms. The molecule has 0 aromatic carbocycles. The number of nitrogens with zero attached hydrogens (tertiary/aromatic N) is 2. The maximum Gasteiger partial charge on any atom is 0.126 e. The molecule has 3 N–H and O–H groups in total. The minimum Gasteiger partial charge on any atom is -0.397 e. The highest BCUT2D eigenvalue weighted by molar-refractivity contribution is 5.51. The van der Waals surface area contributed by atoms with Gasteiger partial charge in [-0.3, -0.25) is 0 Å². The van der Waals surface area contributed by atoms with Gasteiger partial charge in [0.25, 0.3) is 0 Å². The molecule has 18 heavy (non-hydrogen) atoms. The van der Waals surface area contributed by atoms with Crippen LogP contribution in [0.2, 0.25) is 0 Å². The normalized spacial score (nSPS) is 28.1. The highest BCUT2D eigenvalue weighted by Gasteiger charge is 2.31. The fourth-order valence-corrected chi connectivity index (χ4v) is 3.21. The molecule has 3 rings (SSSR count). The molecule has 2 atom stereocenters. The number of nitrogen functional groups attached to an aromatic ring is 1. The first-order chi connectivity index (χ1) is 8.72. The Labute approximate surface area is 109 Å². The lowest BCUT2D eigenvalue weighted by Gasteiger charge is -2.35. The summed E-state index contributed by atoms with van der Waals surface area (Å²) in [4.78, 5) is 7.01. The summed E-state index contributed by atoms with van der Waals surface area (Å²) in [6, 6.07) is 3.42. The van der Waals surface area contributed by atoms with Gasteiger partial charge in [0.05, 0.1) is 11.9 Å². The Kier molecular flexibility index (Phi) is 3.12. The van der Waals surface area contributed by atoms with E-state index in [1.54, 1.807) is 6.20 Å². The molecule has 0 spiro atoms. The first-order valence-corrected chi connectivity index (χ1v) is 6.95. The van der Waals surface area contributed by atoms with E-state index in [0.29, 0.717) is 6.04 Å². The molecule has 2 unspecified atom stereocenters. The zero-order valence-electron chi connectivity index (χ0n) is 11.0. The van der Waals surface area contributed by atoms with E-state index in [0.717, 1.165) is 23.1 Å². The van der Waals surface area contributed by atoms with Crippen LogP contribution in [-0.2, 0) is 0 Å². The lowest BCUT2D eigenvalue weighted by molar-refractivity contribution is 0.188. The summed E-state index contributed by atoms with van der Waals surface area (Å²) in [6.07, 6.45) is 6.97. The molecule has 4 nitrogen and oxygen atoms in total. The number of nitrogens with two attached hydrogens (primary N) is 1. The third kappa shape index (κ3) is 2.29. The summed E-state index contributed by atoms with van der Waals surface area (Å²) >= 11 is 0. The van der Waals surface area contributed by atoms with Gasteiger partial charge in [0.1, 0.15) is 5.82 Å². The highest BCUT2D eigenvalue weighted by Crippen LogP contribution is 2.28. The van der Waals surface area contributed by atoms with E-state index in [9.17, 15) is 0 Å². The average molecular weight is 246 g/mol. The molecule has 0 aliphatic carbocycles. The van der Waals surface area contributed by atoms with E-state index < -0.39 is 0 Å². The summed E-state index contributed by atoms with van der Waals surface area (Å²) in [5.41, 5.74) is 7.67. The van der Waals surface area contributed by atoms with E-state index >= 15 is 0 Å². The maximum absolute atomic E-state index is 5.79. The van der Waals surface area contributed by atoms with Crippen LogP contribution in [0, 0.1) is 6.92 Å². The monoisotopic (exact) mass is 246 g/mol. The number of anilines is 2. The van der Waals surface area contributed by atoms with Gasteiger partial charge in [0, 0.05) is 18.6 Å². The van der Waals surface area contributed by atoms with Crippen molar-refractivity contribution in [3.63, 3.8) is 0 Å². The number of hydrogen-bond acceptors (Lipinski definition) is 4. The van der Waals surface area contributed by atoms with Crippen LogP contribution in [0.4, 0.5) is 11.5 Å². The van der Waals surface area contributed by atoms with Gasteiger partial charge in [-0.05, 0) is 50.8 Å². The molecular formula is C14H22N4. The van der Waals surface area contributed by atoms with Gasteiger partial charge in [-0.2, -0.15) is 0 Å². The molecule has 4 heteroatoms. The molecule has 2 fully saturated rings. The van der Waals surface area contributed by atoms with Crippen molar-refractivity contribution < 1.29 is 0 Å². The van der Waals surface area contributed by atoms with Gasteiger partial charge in [-0.1, -0.05) is 0 Å². The number of aromatic nitrogens is 1. The zero-order valence-corrected chi connectivity index (χ0v) is 11.0. The van der Waals surface area contributed by atoms with Gasteiger partial charge in [0.15, 0.2) is 0 Å². The van der Waals surface area contributed by atoms with Crippen molar-refractivity contribution in [1.82, 2.24) is 9.88 Å². The van der Waals surface area contributed by atoms with Gasteiger partial charge in [0.2, 0.25) is 0 Å². The van der Waals surface area contributed by atoms with Gasteiger partial charge >= 0.3 is 0 Å². The molecule has 2 saturated heterocycles. The number of fused-ring (bicyclic) bond motifs is 1. The van der Waals surface area contributed by atoms with Gasteiger partial charge in [-0.15, -0.1) is 0 Å². The van der Waals surface area contributed by atoms with E-state index in [-0.39, 0.29) is 0 Å². The molecule has 2 aliphatic rings. The van der Waals surface area contributed by atoms with Crippen molar-refractivity contribution in [3.05, 3.63) is 17.8 Å². The van der Waals surface area contributed by atoms with Crippen LogP contribution >= 0.6 is 0 Å². The van der Waals surface area contributed by atoms with Crippen LogP contribution in [0.1, 0.15) is 31.2 Å². The van der Waals surface area contributed by atoms with Crippen LogP contribution in [-0.4, -0.2) is 35.1 Å². The average Bonchev–Trinajstić information content (AvgIpc) is 2.81. The minimum absolute atomic E-state index is 0.569. The van der Waals surface area contributed by atoms with Crippen LogP contribution < -0.4 is 11.1 Å². The largest absolute Gasteiger partial charge is 0.397 e. The van der Waals surface area contributed by atoms with E-state index in [1.807, 2.05) is 6.92 Å². The second-order valence-electron chi connectivity index (χ2n) is 5.62. The lowest BCUT2D eigenvalue weighted by atomic mass is 9.97. The number of rotatable bonds is 2. The summed E-state index contributed by atoms with van der Waals surface area (Å²) in [5.74, 6) is 0.971. The van der Waals surface area contributed by atoms with E-state index in [1.165, 1.54) is 38.8 Å². The van der Waals surface area contributed by atoms with Crippen molar-refractivity contribution >= 4 is 11.5 Å². The first kappa shape index (κ1) is 11.8. The van der Waals surface area contributed by atoms with Gasteiger partial charge < -0.3 is 16.0 Å². The fraction of sp³-hybridized carbons (Fsp3) is 0.643. The summed E-state index contributed by atoms with van der Waals surface area (Å²) in [5, 5.41) is 3.57. The number of piperidine rings is 1. The predicted octanol–water partition coefficient (Wildman–Crippen LogP) is 2.01. The molecular weight excluding hydrogens is 224 g/mol. The Balaban J connectivity index is 1.64. The fourth-order valence-electron chi connectivity index (χ4n) is 3.21. The Hall–Kier alpha value is -1.29. The van der Waals surface area contributed by atoms with Crippen LogP contribution in [0.3, 0.4) is 0 Å². The van der Waals surface area contributed by atoms with Crippen LogP contribution in [0.25, 0.3) is 0 Å². The second kappa shape index (κ2) is 4.76. The number of hydrogen-bond donors (Lipinski definition) is 2. The first-order valence-electron chi connectivity index (χ1n) is 6.95. The molecule has 1 aromatic rings. The van der Waals surface area contributed by atoms with Crippen molar-refractivity contribution in [2.45, 2.75) is 44.7 Å². The maximum atomic E-state index is 5.79.